The molecule has 21 heavy (non-hydrogen) atoms. The van der Waals surface area contributed by atoms with Gasteiger partial charge in [-0.1, -0.05) is 12.1 Å². The van der Waals surface area contributed by atoms with Crippen LogP contribution in [0, 0.1) is 0 Å². The van der Waals surface area contributed by atoms with Gasteiger partial charge in [0.2, 0.25) is 0 Å². The quantitative estimate of drug-likeness (QED) is 0.655. The first-order chi connectivity index (χ1) is 9.81. The Labute approximate surface area is 121 Å². The van der Waals surface area contributed by atoms with Crippen LogP contribution in [-0.4, -0.2) is 45.5 Å². The Morgan fingerprint density at radius 3 is 2.43 bits per heavy atom. The van der Waals surface area contributed by atoms with Crippen molar-refractivity contribution < 1.29 is 36.2 Å². The van der Waals surface area contributed by atoms with E-state index in [4.69, 9.17) is 19.8 Å². The third kappa shape index (κ3) is 6.79. The summed E-state index contributed by atoms with van der Waals surface area (Å²) in [6, 6.07) is 6.61. The molecule has 1 atom stereocenters. The average Bonchev–Trinajstić information content (AvgIpc) is 2.40. The molecule has 0 radical (unpaired) electrons. The van der Waals surface area contributed by atoms with Gasteiger partial charge in [0.05, 0.1) is 7.11 Å². The largest absolute Gasteiger partial charge is 0.493 e. The predicted octanol–water partition coefficient (Wildman–Crippen LogP) is 0.357. The Morgan fingerprint density at radius 1 is 1.29 bits per heavy atom. The molecule has 0 unspecified atom stereocenters. The van der Waals surface area contributed by atoms with Crippen molar-refractivity contribution in [3.63, 3.8) is 0 Å². The lowest BCUT2D eigenvalue weighted by Gasteiger charge is -2.17. The fourth-order valence-electron chi connectivity index (χ4n) is 1.37. The molecular formula is C11H15NO8S. The van der Waals surface area contributed by atoms with Gasteiger partial charge < -0.3 is 19.9 Å². The standard InChI is InChI=1S/C11H15NO8S/c1-17-9-4-2-3-5-10(9)18-6-8(7-19-11(12)13)20-21(14,15)16/h2-5,8H,6-7H2,1H3,(H2,12,13)(H,14,15,16)/t8-/m1/s1. The van der Waals surface area contributed by atoms with Crippen LogP contribution in [0.15, 0.2) is 24.3 Å². The lowest BCUT2D eigenvalue weighted by atomic mass is 10.3. The molecular weight excluding hydrogens is 306 g/mol. The molecule has 0 heterocycles. The first-order valence-corrected chi connectivity index (χ1v) is 7.02. The van der Waals surface area contributed by atoms with Gasteiger partial charge in [0.15, 0.2) is 11.5 Å². The van der Waals surface area contributed by atoms with E-state index in [-0.39, 0.29) is 6.61 Å². The summed E-state index contributed by atoms with van der Waals surface area (Å²) in [5.74, 6) is 0.738. The predicted molar refractivity (Wildman–Crippen MR) is 70.4 cm³/mol. The van der Waals surface area contributed by atoms with Crippen LogP contribution in [0.5, 0.6) is 11.5 Å². The zero-order valence-electron chi connectivity index (χ0n) is 11.1. The van der Waals surface area contributed by atoms with E-state index < -0.39 is 29.2 Å². The van der Waals surface area contributed by atoms with E-state index >= 15 is 0 Å². The van der Waals surface area contributed by atoms with E-state index in [1.165, 1.54) is 7.11 Å². The number of nitrogens with two attached hydrogens (primary N) is 1. The maximum Gasteiger partial charge on any atom is 0.404 e. The summed E-state index contributed by atoms with van der Waals surface area (Å²) in [4.78, 5) is 10.5. The fourth-order valence-corrected chi connectivity index (χ4v) is 1.83. The summed E-state index contributed by atoms with van der Waals surface area (Å²) in [5, 5.41) is 0. The van der Waals surface area contributed by atoms with Gasteiger partial charge in [0.1, 0.15) is 19.3 Å². The van der Waals surface area contributed by atoms with Gasteiger partial charge in [-0.2, -0.15) is 8.42 Å². The maximum absolute atomic E-state index is 10.7. The van der Waals surface area contributed by atoms with Gasteiger partial charge in [-0.25, -0.2) is 8.98 Å². The van der Waals surface area contributed by atoms with Gasteiger partial charge in [0.25, 0.3) is 0 Å². The zero-order valence-corrected chi connectivity index (χ0v) is 11.9. The molecule has 0 aromatic heterocycles. The first-order valence-electron chi connectivity index (χ1n) is 5.65. The molecule has 1 aromatic carbocycles. The number of benzene rings is 1. The highest BCUT2D eigenvalue weighted by atomic mass is 32.3. The number of carbonyl (C=O) groups is 1. The van der Waals surface area contributed by atoms with Crippen molar-refractivity contribution in [2.75, 3.05) is 20.3 Å². The highest BCUT2D eigenvalue weighted by molar-refractivity contribution is 7.80. The molecule has 1 rings (SSSR count). The minimum atomic E-state index is -4.73. The number of rotatable bonds is 8. The number of amides is 1. The number of para-hydroxylation sites is 2. The van der Waals surface area contributed by atoms with E-state index in [1.54, 1.807) is 24.3 Å². The molecule has 0 saturated carbocycles. The molecule has 118 valence electrons. The second kappa shape index (κ2) is 7.67. The number of methoxy groups -OCH3 is 1. The van der Waals surface area contributed by atoms with Crippen molar-refractivity contribution in [1.29, 1.82) is 0 Å². The molecule has 1 amide bonds. The molecule has 0 fully saturated rings. The third-order valence-corrected chi connectivity index (χ3v) is 2.68. The Bertz CT molecular complexity index is 573. The zero-order chi connectivity index (χ0) is 15.9. The van der Waals surface area contributed by atoms with E-state index in [0.717, 1.165) is 0 Å². The Hall–Kier alpha value is -2.04. The first kappa shape index (κ1) is 17.0. The molecule has 1 aromatic rings. The number of hydrogen-bond donors (Lipinski definition) is 2. The van der Waals surface area contributed by atoms with E-state index in [1.807, 2.05) is 0 Å². The maximum atomic E-state index is 10.7. The van der Waals surface area contributed by atoms with Crippen LogP contribution >= 0.6 is 0 Å². The number of ether oxygens (including phenoxy) is 3. The molecule has 0 aliphatic rings. The molecule has 0 bridgehead atoms. The van der Waals surface area contributed by atoms with Crippen LogP contribution in [0.1, 0.15) is 0 Å². The van der Waals surface area contributed by atoms with Gasteiger partial charge in [0, 0.05) is 0 Å². The summed E-state index contributed by atoms with van der Waals surface area (Å²) in [6.45, 7) is -0.836. The topological polar surface area (TPSA) is 134 Å². The second-order valence-corrected chi connectivity index (χ2v) is 4.79. The lowest BCUT2D eigenvalue weighted by Crippen LogP contribution is -2.32. The molecule has 0 spiro atoms. The summed E-state index contributed by atoms with van der Waals surface area (Å²) < 4.78 is 49.1. The fraction of sp³-hybridized carbons (Fsp3) is 0.364. The normalized spacial score (nSPS) is 12.5. The van der Waals surface area contributed by atoms with Crippen LogP contribution in [0.2, 0.25) is 0 Å². The SMILES string of the molecule is COc1ccccc1OC[C@H](COC(N)=O)OS(=O)(=O)O. The summed E-state index contributed by atoms with van der Waals surface area (Å²) in [7, 11) is -3.30. The second-order valence-electron chi connectivity index (χ2n) is 3.74. The van der Waals surface area contributed by atoms with Crippen molar-refractivity contribution in [3.8, 4) is 11.5 Å². The van der Waals surface area contributed by atoms with Gasteiger partial charge >= 0.3 is 16.5 Å². The molecule has 0 aliphatic carbocycles. The Balaban J connectivity index is 2.69. The highest BCUT2D eigenvalue weighted by Crippen LogP contribution is 2.26. The van der Waals surface area contributed by atoms with Crippen molar-refractivity contribution in [2.45, 2.75) is 6.10 Å². The smallest absolute Gasteiger partial charge is 0.404 e. The Kier molecular flexibility index (Phi) is 6.21. The van der Waals surface area contributed by atoms with Crippen LogP contribution in [0.25, 0.3) is 0 Å². The van der Waals surface area contributed by atoms with Crippen LogP contribution in [0.4, 0.5) is 4.79 Å². The molecule has 3 N–H and O–H groups in total. The van der Waals surface area contributed by atoms with Crippen molar-refractivity contribution in [3.05, 3.63) is 24.3 Å². The molecule has 0 saturated heterocycles. The van der Waals surface area contributed by atoms with Gasteiger partial charge in [-0.3, -0.25) is 4.55 Å². The molecule has 9 nitrogen and oxygen atoms in total. The third-order valence-electron chi connectivity index (χ3n) is 2.16. The molecule has 10 heteroatoms. The monoisotopic (exact) mass is 321 g/mol. The highest BCUT2D eigenvalue weighted by Gasteiger charge is 2.20. The number of carbonyl (C=O) groups excluding carboxylic acids is 1. The van der Waals surface area contributed by atoms with Gasteiger partial charge in [-0.15, -0.1) is 0 Å². The van der Waals surface area contributed by atoms with Gasteiger partial charge in [-0.05, 0) is 12.1 Å². The lowest BCUT2D eigenvalue weighted by molar-refractivity contribution is 0.0528. The van der Waals surface area contributed by atoms with Crippen molar-refractivity contribution in [1.82, 2.24) is 0 Å². The number of primary amides is 1. The summed E-state index contributed by atoms with van der Waals surface area (Å²) in [6.07, 6.45) is -2.38. The van der Waals surface area contributed by atoms with Crippen LogP contribution in [-0.2, 0) is 19.3 Å². The molecule has 0 aliphatic heterocycles. The van der Waals surface area contributed by atoms with E-state index in [9.17, 15) is 13.2 Å². The van der Waals surface area contributed by atoms with E-state index in [2.05, 4.69) is 8.92 Å². The van der Waals surface area contributed by atoms with E-state index in [0.29, 0.717) is 11.5 Å². The summed E-state index contributed by atoms with van der Waals surface area (Å²) in [5.41, 5.74) is 4.77. The minimum absolute atomic E-state index is 0.322. The van der Waals surface area contributed by atoms with Crippen molar-refractivity contribution >= 4 is 16.5 Å². The van der Waals surface area contributed by atoms with Crippen molar-refractivity contribution in [2.24, 2.45) is 5.73 Å². The van der Waals surface area contributed by atoms with Crippen LogP contribution < -0.4 is 15.2 Å². The van der Waals surface area contributed by atoms with Crippen LogP contribution in [0.3, 0.4) is 0 Å². The Morgan fingerprint density at radius 2 is 1.90 bits per heavy atom. The minimum Gasteiger partial charge on any atom is -0.493 e. The number of hydrogen-bond acceptors (Lipinski definition) is 7. The average molecular weight is 321 g/mol. The summed E-state index contributed by atoms with van der Waals surface area (Å²) >= 11 is 0.